The summed E-state index contributed by atoms with van der Waals surface area (Å²) in [5.74, 6) is 0.0216. The van der Waals surface area contributed by atoms with Gasteiger partial charge in [0.2, 0.25) is 0 Å². The van der Waals surface area contributed by atoms with Crippen LogP contribution in [0, 0.1) is 11.7 Å². The summed E-state index contributed by atoms with van der Waals surface area (Å²) in [6, 6.07) is 14.0. The van der Waals surface area contributed by atoms with E-state index in [-0.39, 0.29) is 17.5 Å². The lowest BCUT2D eigenvalue weighted by Crippen LogP contribution is -2.36. The number of carbonyl (C=O) groups is 1. The molecular formula is C19H19ClFNO. The van der Waals surface area contributed by atoms with E-state index in [4.69, 9.17) is 11.6 Å². The zero-order valence-corrected chi connectivity index (χ0v) is 13.6. The average Bonchev–Trinajstić information content (AvgIpc) is 2.58. The van der Waals surface area contributed by atoms with Crippen LogP contribution in [0.2, 0.25) is 5.02 Å². The smallest absolute Gasteiger partial charge is 0.166 e. The maximum absolute atomic E-state index is 13.1. The fraction of sp³-hybridized carbons (Fsp3) is 0.316. The second-order valence-corrected chi connectivity index (χ2v) is 6.42. The van der Waals surface area contributed by atoms with Crippen molar-refractivity contribution in [2.45, 2.75) is 19.4 Å². The summed E-state index contributed by atoms with van der Waals surface area (Å²) in [5, 5.41) is 0.465. The van der Waals surface area contributed by atoms with Gasteiger partial charge >= 0.3 is 0 Å². The molecule has 1 heterocycles. The van der Waals surface area contributed by atoms with E-state index in [1.54, 1.807) is 6.07 Å². The summed E-state index contributed by atoms with van der Waals surface area (Å²) in [7, 11) is 0. The van der Waals surface area contributed by atoms with Gasteiger partial charge in [-0.25, -0.2) is 4.39 Å². The van der Waals surface area contributed by atoms with Crippen molar-refractivity contribution < 1.29 is 9.18 Å². The van der Waals surface area contributed by atoms with Gasteiger partial charge in [-0.1, -0.05) is 48.0 Å². The quantitative estimate of drug-likeness (QED) is 0.765. The zero-order chi connectivity index (χ0) is 16.2. The number of nitrogens with zero attached hydrogens (tertiary/aromatic N) is 1. The fourth-order valence-electron chi connectivity index (χ4n) is 3.08. The van der Waals surface area contributed by atoms with Crippen molar-refractivity contribution in [1.82, 2.24) is 4.90 Å². The number of Topliss-reactive ketones (excluding diaryl/α,β-unsaturated/α-hetero) is 1. The number of ketones is 1. The van der Waals surface area contributed by atoms with E-state index in [0.29, 0.717) is 11.6 Å². The van der Waals surface area contributed by atoms with E-state index in [1.807, 2.05) is 30.3 Å². The van der Waals surface area contributed by atoms with Crippen LogP contribution in [0.1, 0.15) is 28.8 Å². The topological polar surface area (TPSA) is 20.3 Å². The lowest BCUT2D eigenvalue weighted by molar-refractivity contribution is 0.0835. The normalized spacial score (nSPS) is 16.4. The summed E-state index contributed by atoms with van der Waals surface area (Å²) in [6.07, 6.45) is 1.71. The van der Waals surface area contributed by atoms with Crippen molar-refractivity contribution in [1.29, 1.82) is 0 Å². The fourth-order valence-corrected chi connectivity index (χ4v) is 3.31. The number of likely N-dealkylation sites (tertiary alicyclic amines) is 1. The van der Waals surface area contributed by atoms with Crippen LogP contribution in [-0.4, -0.2) is 23.8 Å². The van der Waals surface area contributed by atoms with Crippen molar-refractivity contribution in [3.63, 3.8) is 0 Å². The van der Waals surface area contributed by atoms with E-state index >= 15 is 0 Å². The predicted octanol–water partition coefficient (Wildman–Crippen LogP) is 4.57. The zero-order valence-electron chi connectivity index (χ0n) is 12.8. The van der Waals surface area contributed by atoms with Crippen LogP contribution < -0.4 is 0 Å². The predicted molar refractivity (Wildman–Crippen MR) is 90.2 cm³/mol. The molecule has 0 aromatic heterocycles. The Bertz CT molecular complexity index is 681. The number of benzene rings is 2. The molecule has 23 heavy (non-hydrogen) atoms. The molecule has 1 aliphatic rings. The molecule has 1 aliphatic heterocycles. The minimum absolute atomic E-state index is 0.0948. The SMILES string of the molecule is O=C(c1ccccc1)C1CCN(Cc2ccc(F)cc2Cl)CC1. The summed E-state index contributed by atoms with van der Waals surface area (Å²) in [6.45, 7) is 2.42. The van der Waals surface area contributed by atoms with Gasteiger partial charge in [0.05, 0.1) is 0 Å². The first-order valence-electron chi connectivity index (χ1n) is 7.89. The van der Waals surface area contributed by atoms with Crippen LogP contribution in [-0.2, 0) is 6.54 Å². The van der Waals surface area contributed by atoms with E-state index in [1.165, 1.54) is 12.1 Å². The molecule has 120 valence electrons. The van der Waals surface area contributed by atoms with Crippen LogP contribution in [0.4, 0.5) is 4.39 Å². The molecule has 0 radical (unpaired) electrons. The van der Waals surface area contributed by atoms with Crippen LogP contribution in [0.15, 0.2) is 48.5 Å². The second kappa shape index (κ2) is 7.24. The summed E-state index contributed by atoms with van der Waals surface area (Å²) < 4.78 is 13.1. The molecule has 4 heteroatoms. The Morgan fingerprint density at radius 2 is 1.83 bits per heavy atom. The largest absolute Gasteiger partial charge is 0.299 e. The molecular weight excluding hydrogens is 313 g/mol. The first kappa shape index (κ1) is 16.2. The van der Waals surface area contributed by atoms with Gasteiger partial charge in [-0.15, -0.1) is 0 Å². The molecule has 3 rings (SSSR count). The van der Waals surface area contributed by atoms with Gasteiger partial charge in [0.1, 0.15) is 5.82 Å². The van der Waals surface area contributed by atoms with Gasteiger partial charge in [0, 0.05) is 23.0 Å². The Morgan fingerprint density at radius 3 is 2.48 bits per heavy atom. The highest BCUT2D eigenvalue weighted by atomic mass is 35.5. The molecule has 0 atom stereocenters. The van der Waals surface area contributed by atoms with Crippen molar-refractivity contribution in [2.75, 3.05) is 13.1 Å². The monoisotopic (exact) mass is 331 g/mol. The summed E-state index contributed by atoms with van der Waals surface area (Å²) in [5.41, 5.74) is 1.73. The first-order valence-corrected chi connectivity index (χ1v) is 8.27. The maximum atomic E-state index is 13.1. The molecule has 0 bridgehead atoms. The molecule has 2 aromatic rings. The van der Waals surface area contributed by atoms with Gasteiger partial charge in [-0.3, -0.25) is 9.69 Å². The lowest BCUT2D eigenvalue weighted by atomic mass is 9.89. The Labute approximate surface area is 140 Å². The molecule has 0 aliphatic carbocycles. The standard InChI is InChI=1S/C19H19ClFNO/c20-18-12-17(21)7-6-16(18)13-22-10-8-15(9-11-22)19(23)14-4-2-1-3-5-14/h1-7,12,15H,8-11,13H2. The minimum Gasteiger partial charge on any atom is -0.299 e. The number of hydrogen-bond acceptors (Lipinski definition) is 2. The van der Waals surface area contributed by atoms with Gasteiger partial charge in [-0.2, -0.15) is 0 Å². The molecule has 0 spiro atoms. The number of carbonyl (C=O) groups excluding carboxylic acids is 1. The third-order valence-electron chi connectivity index (χ3n) is 4.43. The third-order valence-corrected chi connectivity index (χ3v) is 4.78. The molecule has 2 aromatic carbocycles. The summed E-state index contributed by atoms with van der Waals surface area (Å²) in [4.78, 5) is 14.7. The highest BCUT2D eigenvalue weighted by molar-refractivity contribution is 6.31. The minimum atomic E-state index is -0.314. The Kier molecular flexibility index (Phi) is 5.09. The highest BCUT2D eigenvalue weighted by Gasteiger charge is 2.25. The van der Waals surface area contributed by atoms with Crippen molar-refractivity contribution >= 4 is 17.4 Å². The molecule has 1 fully saturated rings. The van der Waals surface area contributed by atoms with Gasteiger partial charge in [0.25, 0.3) is 0 Å². The van der Waals surface area contributed by atoms with E-state index < -0.39 is 0 Å². The second-order valence-electron chi connectivity index (χ2n) is 6.02. The highest BCUT2D eigenvalue weighted by Crippen LogP contribution is 2.25. The van der Waals surface area contributed by atoms with E-state index in [2.05, 4.69) is 4.90 Å². The number of hydrogen-bond donors (Lipinski definition) is 0. The Morgan fingerprint density at radius 1 is 1.13 bits per heavy atom. The van der Waals surface area contributed by atoms with Gasteiger partial charge in [-0.05, 0) is 43.6 Å². The van der Waals surface area contributed by atoms with Crippen LogP contribution >= 0.6 is 11.6 Å². The average molecular weight is 332 g/mol. The third kappa shape index (κ3) is 3.98. The Balaban J connectivity index is 1.57. The molecule has 2 nitrogen and oxygen atoms in total. The van der Waals surface area contributed by atoms with Crippen molar-refractivity contribution in [3.8, 4) is 0 Å². The van der Waals surface area contributed by atoms with Crippen LogP contribution in [0.25, 0.3) is 0 Å². The van der Waals surface area contributed by atoms with Crippen molar-refractivity contribution in [2.24, 2.45) is 5.92 Å². The number of rotatable bonds is 4. The Hall–Kier alpha value is -1.71. The molecule has 0 saturated carbocycles. The maximum Gasteiger partial charge on any atom is 0.166 e. The van der Waals surface area contributed by atoms with Gasteiger partial charge in [0.15, 0.2) is 5.78 Å². The van der Waals surface area contributed by atoms with E-state index in [0.717, 1.165) is 37.1 Å². The summed E-state index contributed by atoms with van der Waals surface area (Å²) >= 11 is 6.09. The number of piperidine rings is 1. The molecule has 1 saturated heterocycles. The lowest BCUT2D eigenvalue weighted by Gasteiger charge is -2.31. The molecule has 0 unspecified atom stereocenters. The number of halogens is 2. The van der Waals surface area contributed by atoms with Crippen molar-refractivity contribution in [3.05, 3.63) is 70.5 Å². The van der Waals surface area contributed by atoms with E-state index in [9.17, 15) is 9.18 Å². The van der Waals surface area contributed by atoms with Crippen LogP contribution in [0.5, 0.6) is 0 Å². The molecule has 0 amide bonds. The molecule has 0 N–H and O–H groups in total. The first-order chi connectivity index (χ1) is 11.1. The van der Waals surface area contributed by atoms with Crippen LogP contribution in [0.3, 0.4) is 0 Å². The van der Waals surface area contributed by atoms with Gasteiger partial charge < -0.3 is 0 Å².